The number of halogens is 1. The molecule has 2 heterocycles. The number of benzene rings is 4. The van der Waals surface area contributed by atoms with Crippen LogP contribution in [-0.4, -0.2) is 30.1 Å². The predicted molar refractivity (Wildman–Crippen MR) is 160 cm³/mol. The molecule has 2 aromatic heterocycles. The molecule has 0 amide bonds. The van der Waals surface area contributed by atoms with E-state index >= 15 is 0 Å². The van der Waals surface area contributed by atoms with Gasteiger partial charge < -0.3 is 18.6 Å². The number of furan rings is 1. The molecular formula is C32H24ClN3O5. The Morgan fingerprint density at radius 3 is 2.49 bits per heavy atom. The monoisotopic (exact) mass is 565 g/mol. The first-order valence-corrected chi connectivity index (χ1v) is 13.1. The number of para-hydroxylation sites is 1. The van der Waals surface area contributed by atoms with Crippen LogP contribution in [0.5, 0.6) is 17.2 Å². The molecule has 0 saturated carbocycles. The summed E-state index contributed by atoms with van der Waals surface area (Å²) in [6.07, 6.45) is 1.51. The van der Waals surface area contributed by atoms with Gasteiger partial charge in [0.05, 0.1) is 41.7 Å². The van der Waals surface area contributed by atoms with Crippen molar-refractivity contribution in [2.75, 3.05) is 14.2 Å². The molecule has 6 aromatic rings. The van der Waals surface area contributed by atoms with Crippen molar-refractivity contribution in [1.82, 2.24) is 9.66 Å². The molecule has 8 nitrogen and oxygen atoms in total. The zero-order valence-electron chi connectivity index (χ0n) is 22.2. The normalized spacial score (nSPS) is 11.4. The summed E-state index contributed by atoms with van der Waals surface area (Å²) in [5, 5.41) is 6.04. The number of fused-ring (bicyclic) bond motifs is 2. The third-order valence-electron chi connectivity index (χ3n) is 6.52. The Labute approximate surface area is 240 Å². The van der Waals surface area contributed by atoms with Gasteiger partial charge in [0, 0.05) is 0 Å². The maximum absolute atomic E-state index is 13.6. The van der Waals surface area contributed by atoms with E-state index in [1.54, 1.807) is 43.5 Å². The second-order valence-corrected chi connectivity index (χ2v) is 9.51. The minimum Gasteiger partial charge on any atom is -0.496 e. The van der Waals surface area contributed by atoms with E-state index in [1.165, 1.54) is 18.0 Å². The molecule has 0 fully saturated rings. The van der Waals surface area contributed by atoms with Gasteiger partial charge in [-0.15, -0.1) is 0 Å². The fraction of sp³-hybridized carbons (Fsp3) is 0.0938. The van der Waals surface area contributed by atoms with Crippen molar-refractivity contribution in [2.24, 2.45) is 5.10 Å². The average Bonchev–Trinajstić information content (AvgIpc) is 3.45. The Kier molecular flexibility index (Phi) is 7.14. The molecule has 0 spiro atoms. The minimum absolute atomic E-state index is 0.240. The fourth-order valence-corrected chi connectivity index (χ4v) is 4.79. The average molecular weight is 566 g/mol. The minimum atomic E-state index is -0.352. The van der Waals surface area contributed by atoms with Crippen LogP contribution in [-0.2, 0) is 6.61 Å². The highest BCUT2D eigenvalue weighted by Crippen LogP contribution is 2.37. The van der Waals surface area contributed by atoms with Gasteiger partial charge in [-0.05, 0) is 53.6 Å². The van der Waals surface area contributed by atoms with E-state index in [9.17, 15) is 4.79 Å². The number of rotatable bonds is 8. The van der Waals surface area contributed by atoms with Gasteiger partial charge in [-0.25, -0.2) is 4.98 Å². The van der Waals surface area contributed by atoms with Crippen molar-refractivity contribution < 1.29 is 18.6 Å². The van der Waals surface area contributed by atoms with Crippen LogP contribution in [0, 0.1) is 0 Å². The molecule has 0 atom stereocenters. The lowest BCUT2D eigenvalue weighted by Crippen LogP contribution is -2.20. The molecule has 0 aliphatic carbocycles. The molecule has 6 rings (SSSR count). The van der Waals surface area contributed by atoms with Crippen molar-refractivity contribution in [1.29, 1.82) is 0 Å². The van der Waals surface area contributed by atoms with E-state index in [1.807, 2.05) is 54.6 Å². The van der Waals surface area contributed by atoms with E-state index in [4.69, 9.17) is 35.2 Å². The van der Waals surface area contributed by atoms with E-state index in [0.717, 1.165) is 10.9 Å². The third-order valence-corrected chi connectivity index (χ3v) is 6.80. The van der Waals surface area contributed by atoms with Crippen LogP contribution in [0.2, 0.25) is 5.02 Å². The number of nitrogens with zero attached hydrogens (tertiary/aromatic N) is 3. The van der Waals surface area contributed by atoms with Gasteiger partial charge in [0.2, 0.25) is 5.82 Å². The number of hydrogen-bond donors (Lipinski definition) is 0. The van der Waals surface area contributed by atoms with Crippen molar-refractivity contribution in [3.63, 3.8) is 0 Å². The van der Waals surface area contributed by atoms with Gasteiger partial charge in [0.15, 0.2) is 17.3 Å². The van der Waals surface area contributed by atoms with Gasteiger partial charge in [0.1, 0.15) is 17.9 Å². The first-order valence-electron chi connectivity index (χ1n) is 12.7. The second kappa shape index (κ2) is 11.2. The topological polar surface area (TPSA) is 88.1 Å². The lowest BCUT2D eigenvalue weighted by Gasteiger charge is -2.13. The van der Waals surface area contributed by atoms with Crippen LogP contribution in [0.4, 0.5) is 0 Å². The Balaban J connectivity index is 1.42. The summed E-state index contributed by atoms with van der Waals surface area (Å²) < 4.78 is 24.3. The van der Waals surface area contributed by atoms with Crippen LogP contribution >= 0.6 is 11.6 Å². The SMILES string of the molecule is COc1cc(C=Nn2c(-c3cc4c(OC)cccc4o3)nc3ccccc3c2=O)cc(Cl)c1OCc1ccccc1. The number of methoxy groups -OCH3 is 2. The molecule has 0 aliphatic heterocycles. The summed E-state index contributed by atoms with van der Waals surface area (Å²) in [5.74, 6) is 2.10. The van der Waals surface area contributed by atoms with E-state index in [-0.39, 0.29) is 11.4 Å². The first-order chi connectivity index (χ1) is 20.1. The summed E-state index contributed by atoms with van der Waals surface area (Å²) >= 11 is 6.60. The highest BCUT2D eigenvalue weighted by molar-refractivity contribution is 6.32. The molecule has 0 radical (unpaired) electrons. The smallest absolute Gasteiger partial charge is 0.282 e. The molecule has 0 N–H and O–H groups in total. The molecule has 41 heavy (non-hydrogen) atoms. The quantitative estimate of drug-likeness (QED) is 0.186. The van der Waals surface area contributed by atoms with Crippen LogP contribution in [0.1, 0.15) is 11.1 Å². The maximum atomic E-state index is 13.6. The van der Waals surface area contributed by atoms with Gasteiger partial charge >= 0.3 is 0 Å². The Bertz CT molecular complexity index is 1960. The molecule has 0 unspecified atom stereocenters. The Hall–Kier alpha value is -5.08. The fourth-order valence-electron chi connectivity index (χ4n) is 4.52. The standard InChI is InChI=1S/C32H24ClN3O5/c1-38-26-13-8-14-27-23(26)17-29(41-27)31-35-25-12-7-6-11-22(25)32(37)36(31)34-18-21-15-24(33)30(28(16-21)39-2)40-19-20-9-4-3-5-10-20/h3-18H,19H2,1-2H3. The molecule has 0 saturated heterocycles. The highest BCUT2D eigenvalue weighted by atomic mass is 35.5. The second-order valence-electron chi connectivity index (χ2n) is 9.11. The number of aromatic nitrogens is 2. The summed E-state index contributed by atoms with van der Waals surface area (Å²) in [6, 6.07) is 27.6. The third kappa shape index (κ3) is 5.13. The summed E-state index contributed by atoms with van der Waals surface area (Å²) in [7, 11) is 3.13. The van der Waals surface area contributed by atoms with E-state index < -0.39 is 0 Å². The van der Waals surface area contributed by atoms with Crippen LogP contribution in [0.15, 0.2) is 105 Å². The summed E-state index contributed by atoms with van der Waals surface area (Å²) in [5.41, 5.74) is 2.36. The Morgan fingerprint density at radius 1 is 0.902 bits per heavy atom. The van der Waals surface area contributed by atoms with Crippen LogP contribution in [0.3, 0.4) is 0 Å². The van der Waals surface area contributed by atoms with Crippen molar-refractivity contribution in [3.8, 4) is 28.8 Å². The number of ether oxygens (including phenoxy) is 3. The molecule has 204 valence electrons. The summed E-state index contributed by atoms with van der Waals surface area (Å²) in [4.78, 5) is 18.4. The van der Waals surface area contributed by atoms with E-state index in [2.05, 4.69) is 5.10 Å². The van der Waals surface area contributed by atoms with Crippen LogP contribution < -0.4 is 19.8 Å². The zero-order valence-corrected chi connectivity index (χ0v) is 23.0. The van der Waals surface area contributed by atoms with Gasteiger partial charge in [-0.3, -0.25) is 4.79 Å². The zero-order chi connectivity index (χ0) is 28.3. The first kappa shape index (κ1) is 26.2. The largest absolute Gasteiger partial charge is 0.496 e. The van der Waals surface area contributed by atoms with Crippen molar-refractivity contribution >= 4 is 39.7 Å². The summed E-state index contributed by atoms with van der Waals surface area (Å²) in [6.45, 7) is 0.328. The van der Waals surface area contributed by atoms with Gasteiger partial charge in [0.25, 0.3) is 5.56 Å². The molecule has 0 aliphatic rings. The molecule has 4 aromatic carbocycles. The lowest BCUT2D eigenvalue weighted by atomic mass is 10.2. The van der Waals surface area contributed by atoms with Gasteiger partial charge in [-0.1, -0.05) is 60.1 Å². The van der Waals surface area contributed by atoms with Crippen LogP contribution in [0.25, 0.3) is 33.5 Å². The lowest BCUT2D eigenvalue weighted by molar-refractivity contribution is 0.284. The molecule has 9 heteroatoms. The van der Waals surface area contributed by atoms with Crippen molar-refractivity contribution in [3.05, 3.63) is 117 Å². The van der Waals surface area contributed by atoms with E-state index in [0.29, 0.717) is 56.7 Å². The number of hydrogen-bond acceptors (Lipinski definition) is 7. The predicted octanol–water partition coefficient (Wildman–Crippen LogP) is 6.94. The maximum Gasteiger partial charge on any atom is 0.282 e. The Morgan fingerprint density at radius 2 is 1.68 bits per heavy atom. The molecular weight excluding hydrogens is 542 g/mol. The van der Waals surface area contributed by atoms with Gasteiger partial charge in [-0.2, -0.15) is 9.78 Å². The highest BCUT2D eigenvalue weighted by Gasteiger charge is 2.18. The molecule has 0 bridgehead atoms. The van der Waals surface area contributed by atoms with Crippen molar-refractivity contribution in [2.45, 2.75) is 6.61 Å².